The van der Waals surface area contributed by atoms with E-state index < -0.39 is 11.6 Å². The molecule has 0 radical (unpaired) electrons. The van der Waals surface area contributed by atoms with Crippen molar-refractivity contribution in [2.45, 2.75) is 45.3 Å². The summed E-state index contributed by atoms with van der Waals surface area (Å²) >= 11 is 0. The minimum atomic E-state index is -0.518. The summed E-state index contributed by atoms with van der Waals surface area (Å²) in [6, 6.07) is 5.01. The van der Waals surface area contributed by atoms with Crippen LogP contribution in [0.4, 0.5) is 0 Å². The minimum Gasteiger partial charge on any atom is -0.486 e. The molecule has 0 bridgehead atoms. The van der Waals surface area contributed by atoms with E-state index >= 15 is 0 Å². The molecule has 0 fully saturated rings. The van der Waals surface area contributed by atoms with Crippen molar-refractivity contribution in [2.24, 2.45) is 5.73 Å². The number of esters is 1. The Morgan fingerprint density at radius 1 is 1.43 bits per heavy atom. The predicted octanol–water partition coefficient (Wildman–Crippen LogP) is 1.92. The maximum Gasteiger partial charge on any atom is 0.308 e. The highest BCUT2D eigenvalue weighted by molar-refractivity contribution is 5.84. The molecule has 0 spiro atoms. The van der Waals surface area contributed by atoms with Gasteiger partial charge < -0.3 is 15.2 Å². The fraction of sp³-hybridized carbons (Fsp3) is 0.500. The average Bonchev–Trinajstić information content (AvgIpc) is 2.35. The van der Waals surface area contributed by atoms with Gasteiger partial charge in [0.25, 0.3) is 0 Å². The molecule has 2 rings (SSSR count). The monoisotopic (exact) mass is 291 g/mol. The third-order valence-corrected chi connectivity index (χ3v) is 3.10. The van der Waals surface area contributed by atoms with E-state index in [0.717, 1.165) is 11.1 Å². The molecule has 2 N–H and O–H groups in total. The van der Waals surface area contributed by atoms with E-state index in [0.29, 0.717) is 12.2 Å². The molecule has 0 saturated heterocycles. The fourth-order valence-electron chi connectivity index (χ4n) is 2.18. The number of rotatable bonds is 3. The van der Waals surface area contributed by atoms with E-state index in [9.17, 15) is 9.59 Å². The molecule has 114 valence electrons. The Bertz CT molecular complexity index is 560. The van der Waals surface area contributed by atoms with Crippen LogP contribution < -0.4 is 10.5 Å². The van der Waals surface area contributed by atoms with Crippen molar-refractivity contribution in [3.05, 3.63) is 29.3 Å². The first-order chi connectivity index (χ1) is 9.74. The summed E-state index contributed by atoms with van der Waals surface area (Å²) in [6.45, 7) is 5.55. The summed E-state index contributed by atoms with van der Waals surface area (Å²) < 4.78 is 10.7. The number of benzene rings is 1. The topological polar surface area (TPSA) is 78.6 Å². The number of carbonyl (C=O) groups is 2. The highest BCUT2D eigenvalue weighted by Gasteiger charge is 2.22. The van der Waals surface area contributed by atoms with Crippen LogP contribution in [0.2, 0.25) is 0 Å². The molecular formula is C16H21NO4. The van der Waals surface area contributed by atoms with Crippen molar-refractivity contribution in [2.75, 3.05) is 6.61 Å². The average molecular weight is 291 g/mol. The van der Waals surface area contributed by atoms with Crippen LogP contribution in [-0.4, -0.2) is 24.0 Å². The van der Waals surface area contributed by atoms with Gasteiger partial charge in [0.05, 0.1) is 6.42 Å². The van der Waals surface area contributed by atoms with Crippen LogP contribution in [0.1, 0.15) is 44.4 Å². The smallest absolute Gasteiger partial charge is 0.308 e. The van der Waals surface area contributed by atoms with Crippen LogP contribution in [0.25, 0.3) is 0 Å². The first-order valence-corrected chi connectivity index (χ1v) is 6.99. The number of ether oxygens (including phenoxy) is 2. The van der Waals surface area contributed by atoms with Crippen LogP contribution in [0.3, 0.4) is 0 Å². The van der Waals surface area contributed by atoms with E-state index in [-0.39, 0.29) is 24.8 Å². The number of fused-ring (bicyclic) bond motifs is 1. The van der Waals surface area contributed by atoms with Crippen LogP contribution in [0.15, 0.2) is 18.2 Å². The van der Waals surface area contributed by atoms with Gasteiger partial charge in [0.15, 0.2) is 5.78 Å². The Morgan fingerprint density at radius 2 is 2.14 bits per heavy atom. The first kappa shape index (κ1) is 15.5. The zero-order valence-corrected chi connectivity index (χ0v) is 12.6. The summed E-state index contributed by atoms with van der Waals surface area (Å²) in [6.07, 6.45) is 0.492. The molecule has 0 aromatic heterocycles. The van der Waals surface area contributed by atoms with Crippen molar-refractivity contribution in [1.82, 2.24) is 0 Å². The number of hydrogen-bond donors (Lipinski definition) is 1. The molecule has 1 aliphatic rings. The van der Waals surface area contributed by atoms with E-state index in [4.69, 9.17) is 15.2 Å². The molecule has 1 aromatic carbocycles. The standard InChI is InChI=1S/C16H21NO4/c1-16(2,3)21-15(19)8-13(17)10-4-5-11-6-12(18)9-20-14(11)7-10/h4-5,7,13H,6,8-9,17H2,1-3H3. The van der Waals surface area contributed by atoms with Gasteiger partial charge in [-0.3, -0.25) is 9.59 Å². The van der Waals surface area contributed by atoms with Crippen molar-refractivity contribution >= 4 is 11.8 Å². The van der Waals surface area contributed by atoms with E-state index in [1.165, 1.54) is 0 Å². The molecule has 1 atom stereocenters. The third kappa shape index (κ3) is 4.29. The third-order valence-electron chi connectivity index (χ3n) is 3.10. The number of nitrogens with two attached hydrogens (primary N) is 1. The van der Waals surface area contributed by atoms with Gasteiger partial charge in [-0.2, -0.15) is 0 Å². The number of ketones is 1. The van der Waals surface area contributed by atoms with Crippen LogP contribution in [0, 0.1) is 0 Å². The van der Waals surface area contributed by atoms with E-state index in [1.807, 2.05) is 32.9 Å². The van der Waals surface area contributed by atoms with Gasteiger partial charge in [-0.05, 0) is 32.4 Å². The second-order valence-electron chi connectivity index (χ2n) is 6.27. The maximum atomic E-state index is 11.8. The Morgan fingerprint density at radius 3 is 2.81 bits per heavy atom. The van der Waals surface area contributed by atoms with Gasteiger partial charge in [-0.1, -0.05) is 12.1 Å². The van der Waals surface area contributed by atoms with Gasteiger partial charge in [-0.15, -0.1) is 0 Å². The zero-order valence-electron chi connectivity index (χ0n) is 12.6. The molecule has 1 aromatic rings. The van der Waals surface area contributed by atoms with Gasteiger partial charge in [0.1, 0.15) is 18.0 Å². The van der Waals surface area contributed by atoms with Gasteiger partial charge >= 0.3 is 5.97 Å². The zero-order chi connectivity index (χ0) is 15.6. The summed E-state index contributed by atoms with van der Waals surface area (Å²) in [5.41, 5.74) is 7.19. The van der Waals surface area contributed by atoms with Gasteiger partial charge in [0, 0.05) is 18.0 Å². The maximum absolute atomic E-state index is 11.8. The molecular weight excluding hydrogens is 270 g/mol. The normalized spacial score (nSPS) is 15.9. The lowest BCUT2D eigenvalue weighted by Crippen LogP contribution is -2.26. The van der Waals surface area contributed by atoms with Crippen molar-refractivity contribution in [3.63, 3.8) is 0 Å². The van der Waals surface area contributed by atoms with Crippen molar-refractivity contribution < 1.29 is 19.1 Å². The summed E-state index contributed by atoms with van der Waals surface area (Å²) in [4.78, 5) is 23.1. The largest absolute Gasteiger partial charge is 0.486 e. The van der Waals surface area contributed by atoms with Crippen LogP contribution >= 0.6 is 0 Å². The lowest BCUT2D eigenvalue weighted by molar-refractivity contribution is -0.155. The fourth-order valence-corrected chi connectivity index (χ4v) is 2.18. The highest BCUT2D eigenvalue weighted by atomic mass is 16.6. The second kappa shape index (κ2) is 5.85. The number of hydrogen-bond acceptors (Lipinski definition) is 5. The molecule has 0 aliphatic carbocycles. The molecule has 0 saturated carbocycles. The quantitative estimate of drug-likeness (QED) is 0.861. The predicted molar refractivity (Wildman–Crippen MR) is 78.0 cm³/mol. The molecule has 1 unspecified atom stereocenters. The van der Waals surface area contributed by atoms with Crippen molar-refractivity contribution in [1.29, 1.82) is 0 Å². The molecule has 0 amide bonds. The Labute approximate surface area is 124 Å². The SMILES string of the molecule is CC(C)(C)OC(=O)CC(N)c1ccc2c(c1)OCC(=O)C2. The van der Waals surface area contributed by atoms with Gasteiger partial charge in [-0.25, -0.2) is 0 Å². The molecule has 5 nitrogen and oxygen atoms in total. The lowest BCUT2D eigenvalue weighted by Gasteiger charge is -2.22. The number of carbonyl (C=O) groups excluding carboxylic acids is 2. The lowest BCUT2D eigenvalue weighted by atomic mass is 9.98. The Kier molecular flexibility index (Phi) is 4.32. The number of Topliss-reactive ketones (excluding diaryl/α,β-unsaturated/α-hetero) is 1. The second-order valence-corrected chi connectivity index (χ2v) is 6.27. The van der Waals surface area contributed by atoms with Gasteiger partial charge in [0.2, 0.25) is 0 Å². The van der Waals surface area contributed by atoms with E-state index in [2.05, 4.69) is 0 Å². The summed E-state index contributed by atoms with van der Waals surface area (Å²) in [7, 11) is 0. The highest BCUT2D eigenvalue weighted by Crippen LogP contribution is 2.28. The Balaban J connectivity index is 2.05. The summed E-state index contributed by atoms with van der Waals surface area (Å²) in [5, 5.41) is 0. The minimum absolute atomic E-state index is 0.0632. The summed E-state index contributed by atoms with van der Waals surface area (Å²) in [5.74, 6) is 0.406. The molecule has 1 heterocycles. The van der Waals surface area contributed by atoms with Crippen molar-refractivity contribution in [3.8, 4) is 5.75 Å². The molecule has 5 heteroatoms. The van der Waals surface area contributed by atoms with Crippen LogP contribution in [0.5, 0.6) is 5.75 Å². The van der Waals surface area contributed by atoms with E-state index in [1.54, 1.807) is 6.07 Å². The molecule has 21 heavy (non-hydrogen) atoms. The molecule has 1 aliphatic heterocycles. The van der Waals surface area contributed by atoms with Crippen LogP contribution in [-0.2, 0) is 20.7 Å². The first-order valence-electron chi connectivity index (χ1n) is 6.99. The Hall–Kier alpha value is -1.88.